The van der Waals surface area contributed by atoms with Crippen LogP contribution in [-0.4, -0.2) is 41.0 Å². The van der Waals surface area contributed by atoms with E-state index in [1.54, 1.807) is 7.11 Å². The molecule has 0 radical (unpaired) electrons. The molecule has 0 saturated heterocycles. The van der Waals surface area contributed by atoms with E-state index in [0.29, 0.717) is 12.4 Å². The number of ether oxygens (including phenoxy) is 1. The van der Waals surface area contributed by atoms with Crippen molar-refractivity contribution in [2.24, 2.45) is 0 Å². The van der Waals surface area contributed by atoms with Gasteiger partial charge in [-0.05, 0) is 33.7 Å². The lowest BCUT2D eigenvalue weighted by molar-refractivity contribution is 0.173. The van der Waals surface area contributed by atoms with Gasteiger partial charge in [0.25, 0.3) is 0 Å². The molecule has 0 aliphatic heterocycles. The molecule has 2 atom stereocenters. The van der Waals surface area contributed by atoms with Crippen LogP contribution in [0.1, 0.15) is 34.1 Å². The van der Waals surface area contributed by atoms with E-state index in [-0.39, 0.29) is 10.8 Å². The van der Waals surface area contributed by atoms with E-state index < -0.39 is 10.8 Å². The summed E-state index contributed by atoms with van der Waals surface area (Å²) >= 11 is 0. The third-order valence-electron chi connectivity index (χ3n) is 2.09. The van der Waals surface area contributed by atoms with Crippen LogP contribution in [-0.2, 0) is 15.5 Å². The van der Waals surface area contributed by atoms with Gasteiger partial charge in [-0.25, -0.2) is 0 Å². The van der Waals surface area contributed by atoms with Crippen LogP contribution in [0.3, 0.4) is 0 Å². The zero-order valence-electron chi connectivity index (χ0n) is 10.6. The highest BCUT2D eigenvalue weighted by atomic mass is 32.2. The van der Waals surface area contributed by atoms with Crippen molar-refractivity contribution >= 4 is 10.8 Å². The zero-order chi connectivity index (χ0) is 11.9. The average Bonchev–Trinajstić information content (AvgIpc) is 2.13. The number of hydrogen-bond acceptors (Lipinski definition) is 3. The zero-order valence-corrected chi connectivity index (χ0v) is 11.4. The molecule has 0 heterocycles. The highest BCUT2D eigenvalue weighted by Gasteiger charge is 2.22. The predicted octanol–water partition coefficient (Wildman–Crippen LogP) is 1.55. The Kier molecular flexibility index (Phi) is 7.40. The maximum absolute atomic E-state index is 11.9. The summed E-state index contributed by atoms with van der Waals surface area (Å²) in [6.45, 7) is 9.72. The molecule has 0 bridgehead atoms. The fourth-order valence-corrected chi connectivity index (χ4v) is 2.23. The fourth-order valence-electron chi connectivity index (χ4n) is 1.15. The van der Waals surface area contributed by atoms with Crippen molar-refractivity contribution in [3.63, 3.8) is 0 Å². The lowest BCUT2D eigenvalue weighted by Gasteiger charge is -2.23. The van der Waals surface area contributed by atoms with Gasteiger partial charge in [0.05, 0.1) is 6.61 Å². The minimum absolute atomic E-state index is 0.139. The molecule has 1 N–H and O–H groups in total. The Bertz CT molecular complexity index is 190. The van der Waals surface area contributed by atoms with Gasteiger partial charge < -0.3 is 10.1 Å². The van der Waals surface area contributed by atoms with Crippen molar-refractivity contribution in [3.05, 3.63) is 0 Å². The Balaban J connectivity index is 4.09. The summed E-state index contributed by atoms with van der Waals surface area (Å²) in [6, 6.07) is 0.204. The Hall–Kier alpha value is 0.0700. The van der Waals surface area contributed by atoms with E-state index in [2.05, 4.69) is 12.2 Å². The van der Waals surface area contributed by atoms with E-state index in [1.807, 2.05) is 20.8 Å². The third-order valence-corrected chi connectivity index (χ3v) is 4.16. The van der Waals surface area contributed by atoms with Gasteiger partial charge in [0.15, 0.2) is 0 Å². The molecular formula is C11H25NO2S. The molecule has 0 spiro atoms. The van der Waals surface area contributed by atoms with Gasteiger partial charge in [0.1, 0.15) is 0 Å². The van der Waals surface area contributed by atoms with Crippen molar-refractivity contribution in [3.8, 4) is 0 Å². The highest BCUT2D eigenvalue weighted by Crippen LogP contribution is 2.12. The molecule has 0 aromatic carbocycles. The SMILES string of the molecule is CCCNC(COC)CS(=O)C(C)(C)C. The molecule has 2 unspecified atom stereocenters. The highest BCUT2D eigenvalue weighted by molar-refractivity contribution is 7.86. The van der Waals surface area contributed by atoms with Gasteiger partial charge in [-0.1, -0.05) is 6.92 Å². The normalized spacial score (nSPS) is 16.3. The molecule has 4 heteroatoms. The molecule has 15 heavy (non-hydrogen) atoms. The fraction of sp³-hybridized carbons (Fsp3) is 1.00. The molecule has 0 aromatic rings. The number of hydrogen-bond donors (Lipinski definition) is 1. The Morgan fingerprint density at radius 2 is 2.00 bits per heavy atom. The first kappa shape index (κ1) is 15.1. The number of methoxy groups -OCH3 is 1. The van der Waals surface area contributed by atoms with E-state index in [4.69, 9.17) is 4.74 Å². The quantitative estimate of drug-likeness (QED) is 0.727. The molecule has 0 fully saturated rings. The topological polar surface area (TPSA) is 38.3 Å². The Morgan fingerprint density at radius 3 is 2.40 bits per heavy atom. The van der Waals surface area contributed by atoms with Gasteiger partial charge in [-0.15, -0.1) is 0 Å². The standard InChI is InChI=1S/C11H25NO2S/c1-6-7-12-10(8-14-5)9-15(13)11(2,3)4/h10,12H,6-9H2,1-5H3. The first-order chi connectivity index (χ1) is 6.91. The van der Waals surface area contributed by atoms with Gasteiger partial charge in [0, 0.05) is 34.5 Å². The minimum Gasteiger partial charge on any atom is -0.383 e. The molecule has 0 amide bonds. The van der Waals surface area contributed by atoms with Gasteiger partial charge in [-0.3, -0.25) is 4.21 Å². The van der Waals surface area contributed by atoms with Crippen molar-refractivity contribution < 1.29 is 8.95 Å². The number of nitrogens with one attached hydrogen (secondary N) is 1. The van der Waals surface area contributed by atoms with Crippen LogP contribution in [0.5, 0.6) is 0 Å². The van der Waals surface area contributed by atoms with Gasteiger partial charge >= 0.3 is 0 Å². The second-order valence-electron chi connectivity index (χ2n) is 4.73. The molecule has 0 saturated carbocycles. The van der Waals surface area contributed by atoms with Crippen molar-refractivity contribution in [2.75, 3.05) is 26.0 Å². The summed E-state index contributed by atoms with van der Waals surface area (Å²) in [6.07, 6.45) is 1.09. The van der Waals surface area contributed by atoms with Crippen LogP contribution in [0.4, 0.5) is 0 Å². The van der Waals surface area contributed by atoms with Crippen molar-refractivity contribution in [1.29, 1.82) is 0 Å². The third kappa shape index (κ3) is 7.03. The summed E-state index contributed by atoms with van der Waals surface area (Å²) in [5.41, 5.74) is 0. The smallest absolute Gasteiger partial charge is 0.0624 e. The van der Waals surface area contributed by atoms with E-state index in [9.17, 15) is 4.21 Å². The minimum atomic E-state index is -0.815. The lowest BCUT2D eigenvalue weighted by Crippen LogP contribution is -2.41. The van der Waals surface area contributed by atoms with Crippen LogP contribution in [0, 0.1) is 0 Å². The maximum atomic E-state index is 11.9. The molecule has 0 aromatic heterocycles. The molecule has 0 aliphatic rings. The van der Waals surface area contributed by atoms with Gasteiger partial charge in [-0.2, -0.15) is 0 Å². The van der Waals surface area contributed by atoms with E-state index in [1.165, 1.54) is 0 Å². The summed E-state index contributed by atoms with van der Waals surface area (Å²) in [5, 5.41) is 3.36. The van der Waals surface area contributed by atoms with E-state index >= 15 is 0 Å². The Morgan fingerprint density at radius 1 is 1.40 bits per heavy atom. The average molecular weight is 235 g/mol. The predicted molar refractivity (Wildman–Crippen MR) is 66.7 cm³/mol. The van der Waals surface area contributed by atoms with Crippen LogP contribution in [0.25, 0.3) is 0 Å². The van der Waals surface area contributed by atoms with Crippen LogP contribution in [0.15, 0.2) is 0 Å². The number of rotatable bonds is 7. The second kappa shape index (κ2) is 7.36. The first-order valence-corrected chi connectivity index (χ1v) is 6.84. The molecule has 0 rings (SSSR count). The van der Waals surface area contributed by atoms with Crippen molar-refractivity contribution in [1.82, 2.24) is 5.32 Å². The largest absolute Gasteiger partial charge is 0.383 e. The Labute approximate surface area is 96.4 Å². The van der Waals surface area contributed by atoms with Gasteiger partial charge in [0.2, 0.25) is 0 Å². The van der Waals surface area contributed by atoms with Crippen LogP contribution in [0.2, 0.25) is 0 Å². The second-order valence-corrected chi connectivity index (χ2v) is 6.98. The van der Waals surface area contributed by atoms with Crippen molar-refractivity contribution in [2.45, 2.75) is 44.9 Å². The summed E-state index contributed by atoms with van der Waals surface area (Å²) in [7, 11) is 0.866. The first-order valence-electron chi connectivity index (χ1n) is 5.52. The molecule has 92 valence electrons. The lowest BCUT2D eigenvalue weighted by atomic mass is 10.3. The van der Waals surface area contributed by atoms with Crippen LogP contribution < -0.4 is 5.32 Å². The summed E-state index contributed by atoms with van der Waals surface area (Å²) < 4.78 is 16.9. The monoisotopic (exact) mass is 235 g/mol. The van der Waals surface area contributed by atoms with Crippen LogP contribution >= 0.6 is 0 Å². The molecule has 3 nitrogen and oxygen atoms in total. The maximum Gasteiger partial charge on any atom is 0.0624 e. The summed E-state index contributed by atoms with van der Waals surface area (Å²) in [4.78, 5) is 0. The summed E-state index contributed by atoms with van der Waals surface area (Å²) in [5.74, 6) is 0.664. The molecule has 0 aliphatic carbocycles. The molecular weight excluding hydrogens is 210 g/mol. The van der Waals surface area contributed by atoms with E-state index in [0.717, 1.165) is 13.0 Å².